The van der Waals surface area contributed by atoms with Crippen LogP contribution in [0.15, 0.2) is 89.9 Å². The van der Waals surface area contributed by atoms with Gasteiger partial charge in [-0.25, -0.2) is 4.99 Å². The standard InChI is InChI=1S/C30H31N3/c1-2-8-24(19-21-9-4-3-5-10-21)25-13-7-14-26(20-25)32-30(31)33-28-18-16-23-12-6-11-22-15-17-27(28)29(22)23/h3-7,9-14,16,18,20,24H,2,8,15,17,19H2,1H3,(H3,31,32,33). The van der Waals surface area contributed by atoms with Gasteiger partial charge in [-0.15, -0.1) is 0 Å². The summed E-state index contributed by atoms with van der Waals surface area (Å²) in [5.74, 6) is 0.916. The van der Waals surface area contributed by atoms with E-state index in [1.165, 1.54) is 33.0 Å². The van der Waals surface area contributed by atoms with E-state index < -0.39 is 0 Å². The molecule has 5 rings (SSSR count). The van der Waals surface area contributed by atoms with Gasteiger partial charge in [-0.3, -0.25) is 0 Å². The number of benzene rings is 4. The minimum absolute atomic E-state index is 0.433. The van der Waals surface area contributed by atoms with Gasteiger partial charge in [-0.1, -0.05) is 80.1 Å². The summed E-state index contributed by atoms with van der Waals surface area (Å²) in [5.41, 5.74) is 13.8. The number of guanidine groups is 1. The van der Waals surface area contributed by atoms with Crippen LogP contribution in [-0.4, -0.2) is 5.96 Å². The third-order valence-corrected chi connectivity index (χ3v) is 6.69. The summed E-state index contributed by atoms with van der Waals surface area (Å²) in [5, 5.41) is 5.98. The molecule has 3 heteroatoms. The Morgan fingerprint density at radius 1 is 0.939 bits per heavy atom. The summed E-state index contributed by atoms with van der Waals surface area (Å²) in [6.07, 6.45) is 5.46. The van der Waals surface area contributed by atoms with E-state index in [1.807, 2.05) is 0 Å². The Balaban J connectivity index is 1.37. The molecule has 3 nitrogen and oxygen atoms in total. The number of aliphatic imine (C=N–C) groups is 1. The average Bonchev–Trinajstić information content (AvgIpc) is 3.27. The third kappa shape index (κ3) is 4.63. The fourth-order valence-corrected chi connectivity index (χ4v) is 5.16. The highest BCUT2D eigenvalue weighted by atomic mass is 15.1. The van der Waals surface area contributed by atoms with Gasteiger partial charge < -0.3 is 11.1 Å². The van der Waals surface area contributed by atoms with E-state index in [2.05, 4.69) is 97.2 Å². The predicted molar refractivity (Wildman–Crippen MR) is 140 cm³/mol. The van der Waals surface area contributed by atoms with Gasteiger partial charge in [0.15, 0.2) is 5.96 Å². The minimum Gasteiger partial charge on any atom is -0.369 e. The summed E-state index contributed by atoms with van der Waals surface area (Å²) in [4.78, 5) is 4.77. The number of anilines is 1. The van der Waals surface area contributed by atoms with Crippen LogP contribution in [0.1, 0.15) is 47.9 Å². The zero-order valence-electron chi connectivity index (χ0n) is 19.2. The molecule has 1 aliphatic carbocycles. The SMILES string of the molecule is CCCC(Cc1ccccc1)c1cccc(NC(N)=Nc2ccc3cccc4c3c2CC4)c1. The van der Waals surface area contributed by atoms with Crippen molar-refractivity contribution in [3.63, 3.8) is 0 Å². The molecule has 0 bridgehead atoms. The molecule has 0 amide bonds. The highest BCUT2D eigenvalue weighted by Crippen LogP contribution is 2.37. The quantitative estimate of drug-likeness (QED) is 0.241. The zero-order chi connectivity index (χ0) is 22.6. The average molecular weight is 434 g/mol. The second kappa shape index (κ2) is 9.50. The maximum atomic E-state index is 6.37. The first-order valence-electron chi connectivity index (χ1n) is 12.0. The first-order chi connectivity index (χ1) is 16.2. The molecule has 0 radical (unpaired) electrons. The molecule has 0 heterocycles. The molecule has 166 valence electrons. The number of aryl methyl sites for hydroxylation is 2. The van der Waals surface area contributed by atoms with Crippen LogP contribution < -0.4 is 11.1 Å². The van der Waals surface area contributed by atoms with Gasteiger partial charge >= 0.3 is 0 Å². The lowest BCUT2D eigenvalue weighted by Crippen LogP contribution is -2.22. The second-order valence-corrected chi connectivity index (χ2v) is 9.00. The zero-order valence-corrected chi connectivity index (χ0v) is 19.2. The van der Waals surface area contributed by atoms with E-state index in [0.29, 0.717) is 11.9 Å². The van der Waals surface area contributed by atoms with Crippen LogP contribution >= 0.6 is 0 Å². The highest BCUT2D eigenvalue weighted by molar-refractivity contribution is 5.98. The maximum absolute atomic E-state index is 6.37. The lowest BCUT2D eigenvalue weighted by Gasteiger charge is -2.18. The summed E-state index contributed by atoms with van der Waals surface area (Å²) >= 11 is 0. The smallest absolute Gasteiger partial charge is 0.198 e. The molecule has 33 heavy (non-hydrogen) atoms. The van der Waals surface area contributed by atoms with Crippen molar-refractivity contribution < 1.29 is 0 Å². The van der Waals surface area contributed by atoms with Crippen molar-refractivity contribution >= 4 is 28.1 Å². The molecule has 0 fully saturated rings. The molecule has 1 atom stereocenters. The summed E-state index contributed by atoms with van der Waals surface area (Å²) < 4.78 is 0. The maximum Gasteiger partial charge on any atom is 0.198 e. The number of hydrogen-bond acceptors (Lipinski definition) is 1. The Kier molecular flexibility index (Phi) is 6.12. The van der Waals surface area contributed by atoms with Gasteiger partial charge in [-0.05, 0) is 82.8 Å². The van der Waals surface area contributed by atoms with Crippen molar-refractivity contribution in [2.75, 3.05) is 5.32 Å². The first-order valence-corrected chi connectivity index (χ1v) is 12.0. The summed E-state index contributed by atoms with van der Waals surface area (Å²) in [6.45, 7) is 2.25. The normalized spacial score (nSPS) is 13.9. The lowest BCUT2D eigenvalue weighted by atomic mass is 9.88. The molecule has 3 N–H and O–H groups in total. The van der Waals surface area contributed by atoms with Crippen LogP contribution in [-0.2, 0) is 19.3 Å². The van der Waals surface area contributed by atoms with E-state index in [4.69, 9.17) is 10.7 Å². The fraction of sp³-hybridized carbons (Fsp3) is 0.233. The van der Waals surface area contributed by atoms with Crippen molar-refractivity contribution in [3.8, 4) is 0 Å². The van der Waals surface area contributed by atoms with Crippen LogP contribution in [0, 0.1) is 0 Å². The van der Waals surface area contributed by atoms with E-state index in [9.17, 15) is 0 Å². The molecule has 0 spiro atoms. The van der Waals surface area contributed by atoms with Crippen LogP contribution in [0.5, 0.6) is 0 Å². The van der Waals surface area contributed by atoms with E-state index in [-0.39, 0.29) is 0 Å². The third-order valence-electron chi connectivity index (χ3n) is 6.69. The number of nitrogens with one attached hydrogen (secondary N) is 1. The molecule has 0 saturated carbocycles. The molecular weight excluding hydrogens is 402 g/mol. The number of rotatable bonds is 7. The number of nitrogens with two attached hydrogens (primary N) is 1. The van der Waals surface area contributed by atoms with Crippen molar-refractivity contribution in [2.24, 2.45) is 10.7 Å². The van der Waals surface area contributed by atoms with Gasteiger partial charge in [0.05, 0.1) is 5.69 Å². The molecule has 1 aliphatic rings. The summed E-state index contributed by atoms with van der Waals surface area (Å²) in [6, 6.07) is 30.2. The van der Waals surface area contributed by atoms with Crippen molar-refractivity contribution in [1.29, 1.82) is 0 Å². The highest BCUT2D eigenvalue weighted by Gasteiger charge is 2.17. The fourth-order valence-electron chi connectivity index (χ4n) is 5.16. The van der Waals surface area contributed by atoms with Crippen LogP contribution in [0.3, 0.4) is 0 Å². The summed E-state index contributed by atoms with van der Waals surface area (Å²) in [7, 11) is 0. The Labute approximate surface area is 196 Å². The molecule has 1 unspecified atom stereocenters. The van der Waals surface area contributed by atoms with E-state index in [0.717, 1.165) is 43.5 Å². The van der Waals surface area contributed by atoms with Gasteiger partial charge in [0.2, 0.25) is 0 Å². The molecule has 0 aliphatic heterocycles. The Morgan fingerprint density at radius 2 is 1.79 bits per heavy atom. The van der Waals surface area contributed by atoms with Crippen LogP contribution in [0.25, 0.3) is 10.8 Å². The van der Waals surface area contributed by atoms with Gasteiger partial charge in [0.25, 0.3) is 0 Å². The molecule has 4 aromatic carbocycles. The predicted octanol–water partition coefficient (Wildman–Crippen LogP) is 7.12. The van der Waals surface area contributed by atoms with Crippen LogP contribution in [0.2, 0.25) is 0 Å². The minimum atomic E-state index is 0.433. The van der Waals surface area contributed by atoms with Gasteiger partial charge in [-0.2, -0.15) is 0 Å². The Morgan fingerprint density at radius 3 is 2.64 bits per heavy atom. The molecular formula is C30H31N3. The van der Waals surface area contributed by atoms with Crippen LogP contribution in [0.4, 0.5) is 11.4 Å². The number of hydrogen-bond donors (Lipinski definition) is 2. The molecule has 0 aromatic heterocycles. The van der Waals surface area contributed by atoms with Crippen molar-refractivity contribution in [1.82, 2.24) is 0 Å². The topological polar surface area (TPSA) is 50.4 Å². The van der Waals surface area contributed by atoms with E-state index >= 15 is 0 Å². The Bertz CT molecular complexity index is 1290. The molecule has 4 aromatic rings. The van der Waals surface area contributed by atoms with Crippen molar-refractivity contribution in [2.45, 2.75) is 44.9 Å². The van der Waals surface area contributed by atoms with Gasteiger partial charge in [0.1, 0.15) is 0 Å². The monoisotopic (exact) mass is 433 g/mol. The molecule has 0 saturated heterocycles. The Hall–Kier alpha value is -3.59. The lowest BCUT2D eigenvalue weighted by molar-refractivity contribution is 0.610. The van der Waals surface area contributed by atoms with E-state index in [1.54, 1.807) is 0 Å². The number of nitrogens with zero attached hydrogens (tertiary/aromatic N) is 1. The largest absolute Gasteiger partial charge is 0.369 e. The van der Waals surface area contributed by atoms with Crippen molar-refractivity contribution in [3.05, 3.63) is 107 Å². The van der Waals surface area contributed by atoms with Gasteiger partial charge in [0, 0.05) is 5.69 Å². The second-order valence-electron chi connectivity index (χ2n) is 9.00. The first kappa shape index (κ1) is 21.3.